The summed E-state index contributed by atoms with van der Waals surface area (Å²) in [6, 6.07) is 7.89. The zero-order chi connectivity index (χ0) is 19.4. The summed E-state index contributed by atoms with van der Waals surface area (Å²) in [5, 5.41) is 0.110. The van der Waals surface area contributed by atoms with E-state index in [1.807, 2.05) is 31.3 Å². The van der Waals surface area contributed by atoms with E-state index in [1.165, 1.54) is 6.26 Å². The van der Waals surface area contributed by atoms with E-state index < -0.39 is 9.84 Å². The fraction of sp³-hybridized carbons (Fsp3) is 0.526. The normalized spacial score (nSPS) is 17.6. The highest BCUT2D eigenvalue weighted by atomic mass is 32.2. The molecule has 0 spiro atoms. The van der Waals surface area contributed by atoms with Crippen LogP contribution in [0.5, 0.6) is 5.75 Å². The topological polar surface area (TPSA) is 73.7 Å². The number of methoxy groups -OCH3 is 1. The quantitative estimate of drug-likeness (QED) is 0.684. The summed E-state index contributed by atoms with van der Waals surface area (Å²) in [5.74, 6) is 0.842. The van der Waals surface area contributed by atoms with E-state index in [4.69, 9.17) is 9.47 Å². The largest absolute Gasteiger partial charge is 0.496 e. The van der Waals surface area contributed by atoms with Crippen molar-refractivity contribution in [2.45, 2.75) is 43.7 Å². The van der Waals surface area contributed by atoms with Crippen LogP contribution in [0, 0.1) is 0 Å². The van der Waals surface area contributed by atoms with Crippen molar-refractivity contribution in [3.63, 3.8) is 0 Å². The number of rotatable bonds is 8. The van der Waals surface area contributed by atoms with Gasteiger partial charge in [-0.1, -0.05) is 18.2 Å². The number of benzene rings is 1. The molecule has 0 amide bonds. The van der Waals surface area contributed by atoms with E-state index >= 15 is 0 Å². The van der Waals surface area contributed by atoms with E-state index in [1.54, 1.807) is 17.9 Å². The van der Waals surface area contributed by atoms with Crippen LogP contribution in [-0.2, 0) is 34.2 Å². The maximum absolute atomic E-state index is 12.1. The Kier molecular flexibility index (Phi) is 6.18. The zero-order valence-corrected chi connectivity index (χ0v) is 16.9. The average molecular weight is 394 g/mol. The average Bonchev–Trinajstić information content (AvgIpc) is 3.26. The van der Waals surface area contributed by atoms with Gasteiger partial charge in [-0.15, -0.1) is 0 Å². The van der Waals surface area contributed by atoms with Gasteiger partial charge in [-0.3, -0.25) is 4.90 Å². The van der Waals surface area contributed by atoms with Gasteiger partial charge in [0.05, 0.1) is 31.6 Å². The molecule has 2 heterocycles. The molecule has 148 valence electrons. The maximum Gasteiger partial charge on any atom is 0.227 e. The second-order valence-electron chi connectivity index (χ2n) is 7.03. The molecule has 8 heteroatoms. The summed E-state index contributed by atoms with van der Waals surface area (Å²) >= 11 is 0. The van der Waals surface area contributed by atoms with Crippen LogP contribution < -0.4 is 4.74 Å². The number of aromatic nitrogens is 2. The summed E-state index contributed by atoms with van der Waals surface area (Å²) in [4.78, 5) is 6.31. The van der Waals surface area contributed by atoms with Crippen molar-refractivity contribution < 1.29 is 17.9 Å². The summed E-state index contributed by atoms with van der Waals surface area (Å²) in [5.41, 5.74) is 1.94. The molecule has 0 unspecified atom stereocenters. The summed E-state index contributed by atoms with van der Waals surface area (Å²) in [7, 11) is 0.255. The van der Waals surface area contributed by atoms with Gasteiger partial charge in [0.1, 0.15) is 5.75 Å². The number of hydrogen-bond donors (Lipinski definition) is 0. The molecule has 2 aromatic rings. The van der Waals surface area contributed by atoms with Crippen molar-refractivity contribution in [2.75, 3.05) is 27.0 Å². The molecule has 1 saturated heterocycles. The number of para-hydroxylation sites is 1. The smallest absolute Gasteiger partial charge is 0.227 e. The predicted octanol–water partition coefficient (Wildman–Crippen LogP) is 2.11. The molecule has 27 heavy (non-hydrogen) atoms. The minimum absolute atomic E-state index is 0.0398. The Balaban J connectivity index is 1.80. The van der Waals surface area contributed by atoms with Crippen molar-refractivity contribution in [1.29, 1.82) is 0 Å². The lowest BCUT2D eigenvalue weighted by molar-refractivity contribution is 0.0934. The van der Waals surface area contributed by atoms with E-state index in [0.29, 0.717) is 19.6 Å². The fourth-order valence-corrected chi connectivity index (χ4v) is 4.29. The Bertz CT molecular complexity index is 873. The lowest BCUT2D eigenvalue weighted by Gasteiger charge is -2.21. The van der Waals surface area contributed by atoms with Gasteiger partial charge in [-0.05, 0) is 26.0 Å². The molecule has 1 aliphatic rings. The van der Waals surface area contributed by atoms with Gasteiger partial charge in [0.25, 0.3) is 0 Å². The molecule has 0 radical (unpaired) electrons. The second kappa shape index (κ2) is 8.41. The van der Waals surface area contributed by atoms with Crippen LogP contribution in [0.2, 0.25) is 0 Å². The molecule has 7 nitrogen and oxygen atoms in total. The first-order valence-corrected chi connectivity index (χ1v) is 10.9. The first-order valence-electron chi connectivity index (χ1n) is 9.05. The Morgan fingerprint density at radius 2 is 2.11 bits per heavy atom. The Hall–Kier alpha value is -1.90. The van der Waals surface area contributed by atoms with Crippen LogP contribution in [0.4, 0.5) is 0 Å². The van der Waals surface area contributed by atoms with Crippen molar-refractivity contribution in [3.8, 4) is 5.75 Å². The number of imidazole rings is 1. The Morgan fingerprint density at radius 1 is 1.33 bits per heavy atom. The summed E-state index contributed by atoms with van der Waals surface area (Å²) < 4.78 is 37.2. The minimum atomic E-state index is -3.40. The van der Waals surface area contributed by atoms with E-state index in [0.717, 1.165) is 36.5 Å². The molecule has 1 aromatic carbocycles. The van der Waals surface area contributed by atoms with Crippen molar-refractivity contribution >= 4 is 9.84 Å². The predicted molar refractivity (Wildman–Crippen MR) is 102 cm³/mol. The monoisotopic (exact) mass is 393 g/mol. The van der Waals surface area contributed by atoms with Crippen LogP contribution in [0.25, 0.3) is 0 Å². The third-order valence-electron chi connectivity index (χ3n) is 4.71. The maximum atomic E-state index is 12.1. The third-order valence-corrected chi connectivity index (χ3v) is 5.70. The van der Waals surface area contributed by atoms with Crippen molar-refractivity contribution in [3.05, 3.63) is 41.7 Å². The highest BCUT2D eigenvalue weighted by molar-refractivity contribution is 7.90. The Morgan fingerprint density at radius 3 is 2.78 bits per heavy atom. The standard InChI is InChI=1S/C19H27N3O4S/c1-21(12-15-7-4-5-9-18(15)25-2)13-16-11-20-19(27(3,23)24)22(16)14-17-8-6-10-26-17/h4-5,7,9,11,17H,6,8,10,12-14H2,1-3H3/t17-/m0/s1. The lowest BCUT2D eigenvalue weighted by atomic mass is 10.2. The van der Waals surface area contributed by atoms with Crippen LogP contribution in [0.15, 0.2) is 35.6 Å². The lowest BCUT2D eigenvalue weighted by Crippen LogP contribution is -2.24. The number of sulfone groups is 1. The van der Waals surface area contributed by atoms with Gasteiger partial charge in [0.15, 0.2) is 0 Å². The molecule has 3 rings (SSSR count). The van der Waals surface area contributed by atoms with Crippen LogP contribution >= 0.6 is 0 Å². The summed E-state index contributed by atoms with van der Waals surface area (Å²) in [6.45, 7) is 2.51. The van der Waals surface area contributed by atoms with Gasteiger partial charge < -0.3 is 14.0 Å². The highest BCUT2D eigenvalue weighted by Crippen LogP contribution is 2.22. The number of ether oxygens (including phenoxy) is 2. The highest BCUT2D eigenvalue weighted by Gasteiger charge is 2.24. The van der Waals surface area contributed by atoms with Gasteiger partial charge in [-0.25, -0.2) is 13.4 Å². The fourth-order valence-electron chi connectivity index (χ4n) is 3.46. The molecule has 1 atom stereocenters. The van der Waals surface area contributed by atoms with Gasteiger partial charge >= 0.3 is 0 Å². The molecule has 1 aliphatic heterocycles. The van der Waals surface area contributed by atoms with Crippen LogP contribution in [0.1, 0.15) is 24.1 Å². The van der Waals surface area contributed by atoms with Crippen molar-refractivity contribution in [2.24, 2.45) is 0 Å². The molecule has 0 N–H and O–H groups in total. The molecular formula is C19H27N3O4S. The SMILES string of the molecule is COc1ccccc1CN(C)Cc1cnc(S(C)(=O)=O)n1C[C@@H]1CCCO1. The molecule has 0 saturated carbocycles. The molecule has 0 bridgehead atoms. The Labute approximate surface area is 160 Å². The number of hydrogen-bond acceptors (Lipinski definition) is 6. The third kappa shape index (κ3) is 4.88. The second-order valence-corrected chi connectivity index (χ2v) is 8.94. The first kappa shape index (κ1) is 19.9. The first-order chi connectivity index (χ1) is 12.9. The molecule has 0 aliphatic carbocycles. The molecular weight excluding hydrogens is 366 g/mol. The van der Waals surface area contributed by atoms with Gasteiger partial charge in [-0.2, -0.15) is 0 Å². The van der Waals surface area contributed by atoms with E-state index in [-0.39, 0.29) is 11.3 Å². The van der Waals surface area contributed by atoms with E-state index in [9.17, 15) is 8.42 Å². The zero-order valence-electron chi connectivity index (χ0n) is 16.1. The van der Waals surface area contributed by atoms with Crippen molar-refractivity contribution in [1.82, 2.24) is 14.5 Å². The summed E-state index contributed by atoms with van der Waals surface area (Å²) in [6.07, 6.45) is 4.85. The van der Waals surface area contributed by atoms with Gasteiger partial charge in [0, 0.05) is 31.5 Å². The molecule has 1 fully saturated rings. The van der Waals surface area contributed by atoms with E-state index in [2.05, 4.69) is 9.88 Å². The van der Waals surface area contributed by atoms with Crippen LogP contribution in [0.3, 0.4) is 0 Å². The number of nitrogens with zero attached hydrogens (tertiary/aromatic N) is 3. The van der Waals surface area contributed by atoms with Gasteiger partial charge in [0.2, 0.25) is 15.0 Å². The molecule has 1 aromatic heterocycles. The van der Waals surface area contributed by atoms with Crippen LogP contribution in [-0.4, -0.2) is 56.0 Å². The minimum Gasteiger partial charge on any atom is -0.496 e.